The highest BCUT2D eigenvalue weighted by Crippen LogP contribution is 2.45. The number of rotatable bonds is 3. The van der Waals surface area contributed by atoms with Gasteiger partial charge >= 0.3 is 0 Å². The summed E-state index contributed by atoms with van der Waals surface area (Å²) in [5, 5.41) is 0. The standard InChI is InChI=1S/C18H28N2/c1-14-8-7-9-16(15(14)2)17(19)18(10-3-4-11-18)20-12-5-6-13-20/h7-9,17H,3-6,10-13,19H2,1-2H3. The maximum Gasteiger partial charge on any atom is 0.0484 e. The van der Waals surface area contributed by atoms with Crippen molar-refractivity contribution < 1.29 is 0 Å². The Morgan fingerprint density at radius 3 is 2.35 bits per heavy atom. The van der Waals surface area contributed by atoms with Gasteiger partial charge in [0.1, 0.15) is 0 Å². The van der Waals surface area contributed by atoms with E-state index in [1.165, 1.54) is 68.3 Å². The number of hydrogen-bond donors (Lipinski definition) is 1. The Bertz CT molecular complexity index is 468. The third kappa shape index (κ3) is 2.19. The lowest BCUT2D eigenvalue weighted by molar-refractivity contribution is 0.0919. The van der Waals surface area contributed by atoms with E-state index in [1.807, 2.05) is 0 Å². The number of likely N-dealkylation sites (tertiary alicyclic amines) is 1. The topological polar surface area (TPSA) is 29.3 Å². The summed E-state index contributed by atoms with van der Waals surface area (Å²) >= 11 is 0. The first-order valence-electron chi connectivity index (χ1n) is 8.22. The van der Waals surface area contributed by atoms with Crippen LogP contribution in [0.3, 0.4) is 0 Å². The van der Waals surface area contributed by atoms with Crippen LogP contribution in [0.25, 0.3) is 0 Å². The van der Waals surface area contributed by atoms with Crippen LogP contribution in [0.15, 0.2) is 18.2 Å². The fraction of sp³-hybridized carbons (Fsp3) is 0.667. The van der Waals surface area contributed by atoms with Gasteiger partial charge in [0.2, 0.25) is 0 Å². The van der Waals surface area contributed by atoms with Gasteiger partial charge < -0.3 is 5.73 Å². The molecule has 1 saturated carbocycles. The molecule has 3 rings (SSSR count). The molecule has 1 aliphatic carbocycles. The molecule has 1 unspecified atom stereocenters. The molecule has 0 aromatic heterocycles. The van der Waals surface area contributed by atoms with E-state index in [-0.39, 0.29) is 11.6 Å². The molecule has 1 aliphatic heterocycles. The monoisotopic (exact) mass is 272 g/mol. The smallest absolute Gasteiger partial charge is 0.0484 e. The zero-order chi connectivity index (χ0) is 14.2. The highest BCUT2D eigenvalue weighted by atomic mass is 15.2. The molecule has 20 heavy (non-hydrogen) atoms. The van der Waals surface area contributed by atoms with Gasteiger partial charge in [-0.2, -0.15) is 0 Å². The first-order valence-corrected chi connectivity index (χ1v) is 8.22. The molecular weight excluding hydrogens is 244 g/mol. The Hall–Kier alpha value is -0.860. The van der Waals surface area contributed by atoms with E-state index < -0.39 is 0 Å². The summed E-state index contributed by atoms with van der Waals surface area (Å²) in [5.74, 6) is 0. The Labute approximate surface area is 123 Å². The minimum atomic E-state index is 0.169. The molecule has 0 bridgehead atoms. The summed E-state index contributed by atoms with van der Waals surface area (Å²) in [7, 11) is 0. The van der Waals surface area contributed by atoms with Crippen molar-refractivity contribution in [3.63, 3.8) is 0 Å². The second-order valence-electron chi connectivity index (χ2n) is 6.77. The maximum absolute atomic E-state index is 6.84. The van der Waals surface area contributed by atoms with E-state index in [0.29, 0.717) is 0 Å². The van der Waals surface area contributed by atoms with Crippen molar-refractivity contribution in [3.8, 4) is 0 Å². The van der Waals surface area contributed by atoms with Crippen LogP contribution in [0, 0.1) is 13.8 Å². The van der Waals surface area contributed by atoms with Crippen LogP contribution in [0.1, 0.15) is 61.3 Å². The van der Waals surface area contributed by atoms with Crippen LogP contribution in [0.4, 0.5) is 0 Å². The highest BCUT2D eigenvalue weighted by Gasteiger charge is 2.46. The van der Waals surface area contributed by atoms with Gasteiger partial charge in [-0.05, 0) is 69.3 Å². The average molecular weight is 272 g/mol. The first kappa shape index (κ1) is 14.1. The predicted octanol–water partition coefficient (Wildman–Crippen LogP) is 3.71. The third-order valence-corrected chi connectivity index (χ3v) is 5.77. The lowest BCUT2D eigenvalue weighted by Gasteiger charge is -2.44. The van der Waals surface area contributed by atoms with E-state index in [4.69, 9.17) is 5.73 Å². The van der Waals surface area contributed by atoms with Crippen LogP contribution in [-0.2, 0) is 0 Å². The summed E-state index contributed by atoms with van der Waals surface area (Å²) in [6.07, 6.45) is 7.94. The quantitative estimate of drug-likeness (QED) is 0.909. The molecule has 1 aromatic rings. The van der Waals surface area contributed by atoms with Crippen molar-refractivity contribution in [1.82, 2.24) is 4.90 Å². The molecule has 110 valence electrons. The van der Waals surface area contributed by atoms with E-state index in [9.17, 15) is 0 Å². The average Bonchev–Trinajstić information content (AvgIpc) is 3.12. The van der Waals surface area contributed by atoms with E-state index in [1.54, 1.807) is 0 Å². The van der Waals surface area contributed by atoms with E-state index >= 15 is 0 Å². The molecule has 2 fully saturated rings. The van der Waals surface area contributed by atoms with Crippen LogP contribution >= 0.6 is 0 Å². The van der Waals surface area contributed by atoms with E-state index in [0.717, 1.165) is 0 Å². The second kappa shape index (κ2) is 5.50. The normalized spacial score (nSPS) is 24.1. The first-order chi connectivity index (χ1) is 9.65. The van der Waals surface area contributed by atoms with Crippen molar-refractivity contribution in [1.29, 1.82) is 0 Å². The summed E-state index contributed by atoms with van der Waals surface area (Å²) in [5.41, 5.74) is 11.2. The molecule has 1 heterocycles. The molecule has 1 atom stereocenters. The summed E-state index contributed by atoms with van der Waals surface area (Å²) in [4.78, 5) is 2.71. The Morgan fingerprint density at radius 1 is 1.05 bits per heavy atom. The van der Waals surface area contributed by atoms with Gasteiger partial charge in [-0.15, -0.1) is 0 Å². The number of hydrogen-bond acceptors (Lipinski definition) is 2. The van der Waals surface area contributed by atoms with Gasteiger partial charge in [0, 0.05) is 11.6 Å². The van der Waals surface area contributed by atoms with Gasteiger partial charge in [-0.1, -0.05) is 31.0 Å². The van der Waals surface area contributed by atoms with Gasteiger partial charge in [-0.3, -0.25) is 4.90 Å². The van der Waals surface area contributed by atoms with Crippen molar-refractivity contribution in [3.05, 3.63) is 34.9 Å². The maximum atomic E-state index is 6.84. The zero-order valence-corrected chi connectivity index (χ0v) is 13.0. The Kier molecular flexibility index (Phi) is 3.87. The zero-order valence-electron chi connectivity index (χ0n) is 13.0. The van der Waals surface area contributed by atoms with Crippen molar-refractivity contribution in [2.75, 3.05) is 13.1 Å². The van der Waals surface area contributed by atoms with Crippen LogP contribution < -0.4 is 5.73 Å². The largest absolute Gasteiger partial charge is 0.322 e. The fourth-order valence-electron chi connectivity index (χ4n) is 4.37. The van der Waals surface area contributed by atoms with Gasteiger partial charge in [0.15, 0.2) is 0 Å². The number of aryl methyl sites for hydroxylation is 1. The predicted molar refractivity (Wildman–Crippen MR) is 84.9 cm³/mol. The summed E-state index contributed by atoms with van der Waals surface area (Å²) in [6.45, 7) is 6.93. The van der Waals surface area contributed by atoms with Gasteiger partial charge in [0.25, 0.3) is 0 Å². The summed E-state index contributed by atoms with van der Waals surface area (Å²) < 4.78 is 0. The van der Waals surface area contributed by atoms with Gasteiger partial charge in [0.05, 0.1) is 0 Å². The SMILES string of the molecule is Cc1cccc(C(N)C2(N3CCCC3)CCCC2)c1C. The number of nitrogens with two attached hydrogens (primary N) is 1. The molecule has 1 saturated heterocycles. The molecule has 2 nitrogen and oxygen atoms in total. The second-order valence-corrected chi connectivity index (χ2v) is 6.77. The van der Waals surface area contributed by atoms with Gasteiger partial charge in [-0.25, -0.2) is 0 Å². The van der Waals surface area contributed by atoms with Crippen molar-refractivity contribution >= 4 is 0 Å². The number of nitrogens with zero attached hydrogens (tertiary/aromatic N) is 1. The lowest BCUT2D eigenvalue weighted by Crippen LogP contribution is -2.52. The molecule has 2 heteroatoms. The Balaban J connectivity index is 1.96. The minimum absolute atomic E-state index is 0.169. The highest BCUT2D eigenvalue weighted by molar-refractivity contribution is 5.37. The minimum Gasteiger partial charge on any atom is -0.322 e. The van der Waals surface area contributed by atoms with E-state index in [2.05, 4.69) is 36.9 Å². The molecule has 2 N–H and O–H groups in total. The number of benzene rings is 1. The third-order valence-electron chi connectivity index (χ3n) is 5.77. The lowest BCUT2D eigenvalue weighted by atomic mass is 9.80. The van der Waals surface area contributed by atoms with Crippen molar-refractivity contribution in [2.45, 2.75) is 64.0 Å². The van der Waals surface area contributed by atoms with Crippen LogP contribution in [0.5, 0.6) is 0 Å². The van der Waals surface area contributed by atoms with Crippen molar-refractivity contribution in [2.24, 2.45) is 5.73 Å². The molecule has 0 spiro atoms. The fourth-order valence-corrected chi connectivity index (χ4v) is 4.37. The molecule has 1 aromatic carbocycles. The van der Waals surface area contributed by atoms with Crippen LogP contribution in [0.2, 0.25) is 0 Å². The summed E-state index contributed by atoms with van der Waals surface area (Å²) in [6, 6.07) is 6.79. The van der Waals surface area contributed by atoms with Crippen LogP contribution in [-0.4, -0.2) is 23.5 Å². The molecular formula is C18H28N2. The molecule has 2 aliphatic rings. The Morgan fingerprint density at radius 2 is 1.70 bits per heavy atom. The molecule has 0 radical (unpaired) electrons. The molecule has 0 amide bonds.